The standard InChI is InChI=1S/C16H12ClN3O2S/c1-10-8-11(17)2-7-14(10)20-16(22)15(21)19-12-3-5-13(6-4-12)23-9-18/h2-8H,1H3,(H,19,21)(H,20,22). The second kappa shape index (κ2) is 7.68. The van der Waals surface area contributed by atoms with Gasteiger partial charge in [0.1, 0.15) is 5.40 Å². The van der Waals surface area contributed by atoms with Crippen molar-refractivity contribution in [2.45, 2.75) is 11.8 Å². The maximum Gasteiger partial charge on any atom is 0.314 e. The lowest BCUT2D eigenvalue weighted by Crippen LogP contribution is -2.29. The monoisotopic (exact) mass is 345 g/mol. The number of halogens is 1. The average Bonchev–Trinajstić information content (AvgIpc) is 2.52. The predicted molar refractivity (Wildman–Crippen MR) is 91.4 cm³/mol. The molecule has 0 radical (unpaired) electrons. The third kappa shape index (κ3) is 4.74. The Kier molecular flexibility index (Phi) is 5.63. The van der Waals surface area contributed by atoms with Gasteiger partial charge in [0.25, 0.3) is 0 Å². The van der Waals surface area contributed by atoms with Crippen LogP contribution in [0.3, 0.4) is 0 Å². The first-order valence-corrected chi connectivity index (χ1v) is 7.73. The normalized spacial score (nSPS) is 9.78. The molecular weight excluding hydrogens is 334 g/mol. The largest absolute Gasteiger partial charge is 0.318 e. The second-order valence-corrected chi connectivity index (χ2v) is 5.88. The van der Waals surface area contributed by atoms with E-state index >= 15 is 0 Å². The molecule has 2 amide bonds. The third-order valence-electron chi connectivity index (χ3n) is 2.92. The Labute approximate surface area is 142 Å². The highest BCUT2D eigenvalue weighted by atomic mass is 35.5. The molecule has 2 rings (SSSR count). The highest BCUT2D eigenvalue weighted by Gasteiger charge is 2.15. The number of hydrogen-bond acceptors (Lipinski definition) is 4. The molecular formula is C16H12ClN3O2S. The highest BCUT2D eigenvalue weighted by Crippen LogP contribution is 2.20. The van der Waals surface area contributed by atoms with Gasteiger partial charge in [0.2, 0.25) is 0 Å². The molecule has 0 saturated carbocycles. The Morgan fingerprint density at radius 1 is 1.09 bits per heavy atom. The molecule has 0 unspecified atom stereocenters. The lowest BCUT2D eigenvalue weighted by Gasteiger charge is -2.09. The van der Waals surface area contributed by atoms with Crippen molar-refractivity contribution in [1.82, 2.24) is 0 Å². The lowest BCUT2D eigenvalue weighted by atomic mass is 10.2. The smallest absolute Gasteiger partial charge is 0.314 e. The van der Waals surface area contributed by atoms with E-state index in [2.05, 4.69) is 10.6 Å². The Balaban J connectivity index is 1.99. The Hall–Kier alpha value is -2.49. The van der Waals surface area contributed by atoms with Gasteiger partial charge in [-0.25, -0.2) is 0 Å². The van der Waals surface area contributed by atoms with Gasteiger partial charge >= 0.3 is 11.8 Å². The second-order valence-electron chi connectivity index (χ2n) is 4.59. The number of carbonyl (C=O) groups is 2. The maximum absolute atomic E-state index is 11.9. The van der Waals surface area contributed by atoms with Crippen molar-refractivity contribution in [2.24, 2.45) is 0 Å². The quantitative estimate of drug-likeness (QED) is 0.503. The van der Waals surface area contributed by atoms with E-state index in [0.717, 1.165) is 22.2 Å². The van der Waals surface area contributed by atoms with E-state index in [0.29, 0.717) is 16.4 Å². The molecule has 116 valence electrons. The van der Waals surface area contributed by atoms with Crippen LogP contribution in [0.5, 0.6) is 0 Å². The summed E-state index contributed by atoms with van der Waals surface area (Å²) >= 11 is 6.86. The molecule has 23 heavy (non-hydrogen) atoms. The number of nitrogens with zero attached hydrogens (tertiary/aromatic N) is 1. The molecule has 0 saturated heterocycles. The molecule has 0 heterocycles. The summed E-state index contributed by atoms with van der Waals surface area (Å²) in [4.78, 5) is 24.6. The van der Waals surface area contributed by atoms with Crippen molar-refractivity contribution in [2.75, 3.05) is 10.6 Å². The predicted octanol–water partition coefficient (Wildman–Crippen LogP) is 3.80. The van der Waals surface area contributed by atoms with Crippen LogP contribution >= 0.6 is 23.4 Å². The Morgan fingerprint density at radius 3 is 2.35 bits per heavy atom. The number of thiocyanates is 1. The topological polar surface area (TPSA) is 82.0 Å². The van der Waals surface area contributed by atoms with E-state index in [1.807, 2.05) is 5.40 Å². The van der Waals surface area contributed by atoms with Crippen molar-refractivity contribution >= 4 is 46.6 Å². The summed E-state index contributed by atoms with van der Waals surface area (Å²) in [6.45, 7) is 1.78. The van der Waals surface area contributed by atoms with E-state index in [4.69, 9.17) is 16.9 Å². The van der Waals surface area contributed by atoms with Crippen LogP contribution < -0.4 is 10.6 Å². The van der Waals surface area contributed by atoms with E-state index in [1.54, 1.807) is 49.4 Å². The van der Waals surface area contributed by atoms with Crippen LogP contribution in [0.2, 0.25) is 5.02 Å². The van der Waals surface area contributed by atoms with Crippen molar-refractivity contribution in [1.29, 1.82) is 5.26 Å². The molecule has 2 N–H and O–H groups in total. The van der Waals surface area contributed by atoms with Gasteiger partial charge in [-0.1, -0.05) is 11.6 Å². The fourth-order valence-electron chi connectivity index (χ4n) is 1.79. The summed E-state index contributed by atoms with van der Waals surface area (Å²) in [5.41, 5.74) is 1.76. The van der Waals surface area contributed by atoms with Crippen LogP contribution in [0.25, 0.3) is 0 Å². The Morgan fingerprint density at radius 2 is 1.74 bits per heavy atom. The van der Waals surface area contributed by atoms with Gasteiger partial charge < -0.3 is 10.6 Å². The summed E-state index contributed by atoms with van der Waals surface area (Å²) in [5, 5.41) is 16.1. The zero-order valence-corrected chi connectivity index (χ0v) is 13.7. The van der Waals surface area contributed by atoms with Crippen LogP contribution in [0, 0.1) is 17.6 Å². The lowest BCUT2D eigenvalue weighted by molar-refractivity contribution is -0.133. The number of anilines is 2. The van der Waals surface area contributed by atoms with Crippen molar-refractivity contribution in [3.8, 4) is 5.40 Å². The average molecular weight is 346 g/mol. The summed E-state index contributed by atoms with van der Waals surface area (Å²) in [6, 6.07) is 11.6. The number of nitrogens with one attached hydrogen (secondary N) is 2. The molecule has 0 fully saturated rings. The number of benzene rings is 2. The Bertz CT molecular complexity index is 785. The minimum atomic E-state index is -0.778. The van der Waals surface area contributed by atoms with Crippen LogP contribution in [0.1, 0.15) is 5.56 Å². The minimum Gasteiger partial charge on any atom is -0.318 e. The fourth-order valence-corrected chi connectivity index (χ4v) is 2.40. The van der Waals surface area contributed by atoms with E-state index in [9.17, 15) is 9.59 Å². The van der Waals surface area contributed by atoms with Gasteiger partial charge in [-0.15, -0.1) is 0 Å². The molecule has 0 atom stereocenters. The van der Waals surface area contributed by atoms with Crippen LogP contribution in [-0.2, 0) is 9.59 Å². The summed E-state index contributed by atoms with van der Waals surface area (Å²) < 4.78 is 0. The zero-order chi connectivity index (χ0) is 16.8. The van der Waals surface area contributed by atoms with Crippen molar-refractivity contribution in [3.63, 3.8) is 0 Å². The number of amides is 2. The van der Waals surface area contributed by atoms with Crippen LogP contribution in [0.4, 0.5) is 11.4 Å². The third-order valence-corrected chi connectivity index (χ3v) is 3.75. The van der Waals surface area contributed by atoms with Gasteiger partial charge in [-0.3, -0.25) is 9.59 Å². The van der Waals surface area contributed by atoms with Gasteiger partial charge in [-0.2, -0.15) is 5.26 Å². The fraction of sp³-hybridized carbons (Fsp3) is 0.0625. The molecule has 7 heteroatoms. The molecule has 0 aliphatic heterocycles. The molecule has 0 aliphatic carbocycles. The van der Waals surface area contributed by atoms with Crippen molar-refractivity contribution < 1.29 is 9.59 Å². The number of rotatable bonds is 3. The molecule has 0 aromatic heterocycles. The number of carbonyl (C=O) groups excluding carboxylic acids is 2. The number of aryl methyl sites for hydroxylation is 1. The SMILES string of the molecule is Cc1cc(Cl)ccc1NC(=O)C(=O)Nc1ccc(SC#N)cc1. The van der Waals surface area contributed by atoms with Gasteiger partial charge in [0.15, 0.2) is 0 Å². The summed E-state index contributed by atoms with van der Waals surface area (Å²) in [6.07, 6.45) is 0. The van der Waals surface area contributed by atoms with Crippen molar-refractivity contribution in [3.05, 3.63) is 53.1 Å². The first kappa shape index (κ1) is 16.9. The number of nitriles is 1. The van der Waals surface area contributed by atoms with Crippen LogP contribution in [-0.4, -0.2) is 11.8 Å². The van der Waals surface area contributed by atoms with E-state index in [1.165, 1.54) is 0 Å². The first-order valence-electron chi connectivity index (χ1n) is 6.54. The molecule has 2 aromatic carbocycles. The molecule has 5 nitrogen and oxygen atoms in total. The maximum atomic E-state index is 11.9. The number of hydrogen-bond donors (Lipinski definition) is 2. The summed E-state index contributed by atoms with van der Waals surface area (Å²) in [7, 11) is 0. The first-order chi connectivity index (χ1) is 11.0. The van der Waals surface area contributed by atoms with Crippen LogP contribution in [0.15, 0.2) is 47.4 Å². The van der Waals surface area contributed by atoms with E-state index < -0.39 is 11.8 Å². The minimum absolute atomic E-state index is 0.472. The molecule has 2 aromatic rings. The number of thioether (sulfide) groups is 1. The summed E-state index contributed by atoms with van der Waals surface area (Å²) in [5.74, 6) is -1.55. The van der Waals surface area contributed by atoms with Gasteiger partial charge in [0.05, 0.1) is 0 Å². The highest BCUT2D eigenvalue weighted by molar-refractivity contribution is 8.03. The van der Waals surface area contributed by atoms with Gasteiger partial charge in [0, 0.05) is 21.3 Å². The molecule has 0 bridgehead atoms. The van der Waals surface area contributed by atoms with E-state index in [-0.39, 0.29) is 0 Å². The molecule has 0 aliphatic rings. The van der Waals surface area contributed by atoms with Gasteiger partial charge in [-0.05, 0) is 66.7 Å². The molecule has 0 spiro atoms. The zero-order valence-electron chi connectivity index (χ0n) is 12.1.